The third-order valence-electron chi connectivity index (χ3n) is 4.77. The van der Waals surface area contributed by atoms with Crippen LogP contribution in [0.4, 0.5) is 0 Å². The summed E-state index contributed by atoms with van der Waals surface area (Å²) < 4.78 is 5.58. The number of piperidine rings is 1. The third-order valence-corrected chi connectivity index (χ3v) is 4.77. The van der Waals surface area contributed by atoms with E-state index in [9.17, 15) is 9.59 Å². The minimum Gasteiger partial charge on any atom is -0.466 e. The number of aromatic nitrogens is 2. The molecule has 3 rings (SSSR count). The number of aromatic amines is 1. The summed E-state index contributed by atoms with van der Waals surface area (Å²) in [6.45, 7) is 6.91. The molecule has 3 N–H and O–H groups in total. The molecule has 0 radical (unpaired) electrons. The minimum absolute atomic E-state index is 0.00110. The van der Waals surface area contributed by atoms with Gasteiger partial charge in [0.25, 0.3) is 11.8 Å². The molecule has 3 heterocycles. The molecule has 0 aliphatic carbocycles. The van der Waals surface area contributed by atoms with E-state index in [1.165, 1.54) is 0 Å². The zero-order valence-electron chi connectivity index (χ0n) is 14.2. The van der Waals surface area contributed by atoms with E-state index in [1.807, 2.05) is 25.7 Å². The highest BCUT2D eigenvalue weighted by Crippen LogP contribution is 2.29. The smallest absolute Gasteiger partial charge is 0.269 e. The molecule has 1 atom stereocenters. The first-order chi connectivity index (χ1) is 11.4. The summed E-state index contributed by atoms with van der Waals surface area (Å²) in [6.07, 6.45) is 1.84. The SMILES string of the molecule is Cc1oc(C)c(C(=O)N2CCC[C@@H](c3cc(C(N)=O)n[nH]3)C2)c1C. The van der Waals surface area contributed by atoms with E-state index >= 15 is 0 Å². The molecule has 1 saturated heterocycles. The molecule has 0 saturated carbocycles. The molecule has 0 unspecified atom stereocenters. The molecule has 7 nitrogen and oxygen atoms in total. The molecule has 128 valence electrons. The van der Waals surface area contributed by atoms with Crippen LogP contribution in [0.15, 0.2) is 10.5 Å². The number of hydrogen-bond donors (Lipinski definition) is 2. The predicted molar refractivity (Wildman–Crippen MR) is 87.9 cm³/mol. The van der Waals surface area contributed by atoms with Crippen molar-refractivity contribution in [3.05, 3.63) is 40.1 Å². The zero-order valence-corrected chi connectivity index (χ0v) is 14.2. The van der Waals surface area contributed by atoms with Crippen molar-refractivity contribution in [2.24, 2.45) is 5.73 Å². The Kier molecular flexibility index (Phi) is 4.17. The van der Waals surface area contributed by atoms with Gasteiger partial charge in [-0.3, -0.25) is 14.7 Å². The molecule has 1 aliphatic rings. The average molecular weight is 330 g/mol. The number of nitrogens with one attached hydrogen (secondary N) is 1. The van der Waals surface area contributed by atoms with Crippen molar-refractivity contribution in [3.63, 3.8) is 0 Å². The number of likely N-dealkylation sites (tertiary alicyclic amines) is 1. The van der Waals surface area contributed by atoms with E-state index in [-0.39, 0.29) is 17.5 Å². The van der Waals surface area contributed by atoms with Gasteiger partial charge in [0.15, 0.2) is 0 Å². The second-order valence-corrected chi connectivity index (χ2v) is 6.38. The molecule has 7 heteroatoms. The number of nitrogens with two attached hydrogens (primary N) is 1. The standard InChI is InChI=1S/C17H22N4O3/c1-9-10(2)24-11(3)15(9)17(23)21-6-4-5-12(8-21)13-7-14(16(18)22)20-19-13/h7,12H,4-6,8H2,1-3H3,(H2,18,22)(H,19,20)/t12-/m1/s1. The van der Waals surface area contributed by atoms with Gasteiger partial charge in [0.05, 0.1) is 5.56 Å². The number of aryl methyl sites for hydroxylation is 2. The second-order valence-electron chi connectivity index (χ2n) is 6.38. The fraction of sp³-hybridized carbons (Fsp3) is 0.471. The summed E-state index contributed by atoms with van der Waals surface area (Å²) in [7, 11) is 0. The molecule has 24 heavy (non-hydrogen) atoms. The van der Waals surface area contributed by atoms with E-state index in [4.69, 9.17) is 10.2 Å². The maximum absolute atomic E-state index is 12.9. The Labute approximate surface area is 140 Å². The largest absolute Gasteiger partial charge is 0.466 e. The lowest BCUT2D eigenvalue weighted by Crippen LogP contribution is -2.39. The number of H-pyrrole nitrogens is 1. The summed E-state index contributed by atoms with van der Waals surface area (Å²) in [4.78, 5) is 26.0. The van der Waals surface area contributed by atoms with Gasteiger partial charge in [0.1, 0.15) is 17.2 Å². The van der Waals surface area contributed by atoms with Gasteiger partial charge in [-0.15, -0.1) is 0 Å². The first-order valence-electron chi connectivity index (χ1n) is 8.09. The van der Waals surface area contributed by atoms with E-state index in [0.717, 1.165) is 36.4 Å². The Hall–Kier alpha value is -2.57. The van der Waals surface area contributed by atoms with Crippen LogP contribution in [0.5, 0.6) is 0 Å². The van der Waals surface area contributed by atoms with Crippen LogP contribution in [0, 0.1) is 20.8 Å². The number of nitrogens with zero attached hydrogens (tertiary/aromatic N) is 2. The van der Waals surface area contributed by atoms with Crippen LogP contribution in [0.2, 0.25) is 0 Å². The van der Waals surface area contributed by atoms with Gasteiger partial charge in [0.2, 0.25) is 0 Å². The topological polar surface area (TPSA) is 105 Å². The molecular weight excluding hydrogens is 308 g/mol. The Morgan fingerprint density at radius 2 is 2.08 bits per heavy atom. The maximum atomic E-state index is 12.9. The van der Waals surface area contributed by atoms with Crippen molar-refractivity contribution in [3.8, 4) is 0 Å². The quantitative estimate of drug-likeness (QED) is 0.898. The van der Waals surface area contributed by atoms with Crippen molar-refractivity contribution in [2.75, 3.05) is 13.1 Å². The minimum atomic E-state index is -0.554. The van der Waals surface area contributed by atoms with Gasteiger partial charge >= 0.3 is 0 Å². The van der Waals surface area contributed by atoms with E-state index in [2.05, 4.69) is 10.2 Å². The van der Waals surface area contributed by atoms with Gasteiger partial charge in [-0.2, -0.15) is 5.10 Å². The lowest BCUT2D eigenvalue weighted by Gasteiger charge is -2.32. The lowest BCUT2D eigenvalue weighted by molar-refractivity contribution is 0.0703. The first kappa shape index (κ1) is 16.3. The average Bonchev–Trinajstić information content (AvgIpc) is 3.13. The lowest BCUT2D eigenvalue weighted by atomic mass is 9.94. The Morgan fingerprint density at radius 1 is 1.33 bits per heavy atom. The zero-order chi connectivity index (χ0) is 17.4. The predicted octanol–water partition coefficient (Wildman–Crippen LogP) is 2.05. The summed E-state index contributed by atoms with van der Waals surface area (Å²) in [6, 6.07) is 1.68. The van der Waals surface area contributed by atoms with Crippen molar-refractivity contribution in [1.29, 1.82) is 0 Å². The molecule has 0 aromatic carbocycles. The number of furan rings is 1. The molecule has 0 spiro atoms. The van der Waals surface area contributed by atoms with Gasteiger partial charge in [-0.05, 0) is 39.7 Å². The first-order valence-corrected chi connectivity index (χ1v) is 8.09. The molecule has 1 fully saturated rings. The van der Waals surface area contributed by atoms with Crippen LogP contribution in [-0.2, 0) is 0 Å². The van der Waals surface area contributed by atoms with Crippen molar-refractivity contribution < 1.29 is 14.0 Å². The molecule has 2 aromatic heterocycles. The van der Waals surface area contributed by atoms with Crippen LogP contribution in [0.1, 0.15) is 62.4 Å². The van der Waals surface area contributed by atoms with Crippen molar-refractivity contribution >= 4 is 11.8 Å². The number of hydrogen-bond acceptors (Lipinski definition) is 4. The Balaban J connectivity index is 1.80. The van der Waals surface area contributed by atoms with Crippen LogP contribution in [-0.4, -0.2) is 40.0 Å². The molecule has 2 aromatic rings. The van der Waals surface area contributed by atoms with Crippen LogP contribution < -0.4 is 5.73 Å². The van der Waals surface area contributed by atoms with E-state index in [1.54, 1.807) is 6.07 Å². The second kappa shape index (κ2) is 6.14. The van der Waals surface area contributed by atoms with Gasteiger partial charge in [-0.25, -0.2) is 0 Å². The number of carbonyl (C=O) groups excluding carboxylic acids is 2. The maximum Gasteiger partial charge on any atom is 0.269 e. The van der Waals surface area contributed by atoms with Crippen LogP contribution in [0.25, 0.3) is 0 Å². The van der Waals surface area contributed by atoms with Gasteiger partial charge < -0.3 is 15.1 Å². The molecule has 2 amide bonds. The fourth-order valence-electron chi connectivity index (χ4n) is 3.35. The molecular formula is C17H22N4O3. The highest BCUT2D eigenvalue weighted by molar-refractivity contribution is 5.97. The Morgan fingerprint density at radius 3 is 2.67 bits per heavy atom. The van der Waals surface area contributed by atoms with Crippen molar-refractivity contribution in [2.45, 2.75) is 39.5 Å². The Bertz CT molecular complexity index is 790. The summed E-state index contributed by atoms with van der Waals surface area (Å²) in [5.74, 6) is 1.01. The van der Waals surface area contributed by atoms with E-state index < -0.39 is 5.91 Å². The number of amides is 2. The third kappa shape index (κ3) is 2.81. The van der Waals surface area contributed by atoms with Gasteiger partial charge in [-0.1, -0.05) is 0 Å². The van der Waals surface area contributed by atoms with Crippen LogP contribution >= 0.6 is 0 Å². The molecule has 1 aliphatic heterocycles. The summed E-state index contributed by atoms with van der Waals surface area (Å²) in [5.41, 5.74) is 7.88. The summed E-state index contributed by atoms with van der Waals surface area (Å²) >= 11 is 0. The van der Waals surface area contributed by atoms with Crippen molar-refractivity contribution in [1.82, 2.24) is 15.1 Å². The fourth-order valence-corrected chi connectivity index (χ4v) is 3.35. The number of carbonyl (C=O) groups is 2. The van der Waals surface area contributed by atoms with Crippen LogP contribution in [0.3, 0.4) is 0 Å². The normalized spacial score (nSPS) is 18.0. The van der Waals surface area contributed by atoms with Gasteiger partial charge in [0, 0.05) is 30.3 Å². The summed E-state index contributed by atoms with van der Waals surface area (Å²) in [5, 5.41) is 6.81. The highest BCUT2D eigenvalue weighted by atomic mass is 16.3. The van der Waals surface area contributed by atoms with E-state index in [0.29, 0.717) is 17.9 Å². The highest BCUT2D eigenvalue weighted by Gasteiger charge is 2.30. The monoisotopic (exact) mass is 330 g/mol. The molecule has 0 bridgehead atoms. The number of primary amides is 1. The number of rotatable bonds is 3.